The van der Waals surface area contributed by atoms with Crippen molar-refractivity contribution in [3.8, 4) is 46.5 Å². The first-order chi connectivity index (χ1) is 38.5. The zero-order valence-electron chi connectivity index (χ0n) is 42.6. The Hall–Kier alpha value is -9.60. The standard InChI is InChI=1S/C31H28FN7O3.C27H20FN5O4/c32-23-14-21-27-30(28(23)38-11-5-20(17-38)24-16-34-6-7-35-24)42-26-4-3-19(15-33)13-25(26)39(27)18-22(29(21)40)31(41)36-8-12-37-9-1-2-10-37;1-2-36-27(35)18-14-33-21-9-15(11-29)3-4-22(21)37-26-23(33)17(25(18)34)10-19(28)24(26)32-8-5-16(13-32)20-12-30-6-7-31-20/h3-4,6-7,13-14,16,18,20H,1-2,5,8-12,17H2,(H,36,41);3-4,6-7,9-10,12,14,16H,2,5,8,13H2,1H3. The molecule has 2 atom stereocenters. The van der Waals surface area contributed by atoms with Crippen LogP contribution in [0.1, 0.15) is 87.7 Å². The van der Waals surface area contributed by atoms with Crippen molar-refractivity contribution in [2.45, 2.75) is 44.4 Å². The number of ether oxygens (including phenoxy) is 3. The third-order valence-electron chi connectivity index (χ3n) is 15.1. The van der Waals surface area contributed by atoms with Crippen LogP contribution in [0.25, 0.3) is 33.2 Å². The number of nitriles is 2. The molecule has 0 saturated carbocycles. The van der Waals surface area contributed by atoms with E-state index in [1.54, 1.807) is 89.6 Å². The fourth-order valence-corrected chi connectivity index (χ4v) is 11.3. The number of rotatable bonds is 10. The molecule has 3 fully saturated rings. The molecule has 5 aliphatic heterocycles. The quantitative estimate of drug-likeness (QED) is 0.129. The summed E-state index contributed by atoms with van der Waals surface area (Å²) in [4.78, 5) is 76.1. The average molecular weight is 1060 g/mol. The van der Waals surface area contributed by atoms with Crippen LogP contribution in [0.15, 0.2) is 108 Å². The lowest BCUT2D eigenvalue weighted by Gasteiger charge is -2.29. The summed E-state index contributed by atoms with van der Waals surface area (Å²) in [5, 5.41) is 21.9. The van der Waals surface area contributed by atoms with Gasteiger partial charge in [-0.05, 0) is 94.2 Å². The number of esters is 1. The summed E-state index contributed by atoms with van der Waals surface area (Å²) >= 11 is 0. The van der Waals surface area contributed by atoms with Gasteiger partial charge >= 0.3 is 5.97 Å². The van der Waals surface area contributed by atoms with Crippen LogP contribution in [0.2, 0.25) is 0 Å². The van der Waals surface area contributed by atoms with Crippen LogP contribution in [0.5, 0.6) is 23.0 Å². The Labute approximate surface area is 449 Å². The number of fused-ring (bicyclic) bond motifs is 4. The maximum absolute atomic E-state index is 16.0. The number of anilines is 2. The zero-order chi connectivity index (χ0) is 54.5. The molecule has 4 aromatic carbocycles. The highest BCUT2D eigenvalue weighted by Gasteiger charge is 2.37. The molecule has 1 amide bonds. The highest BCUT2D eigenvalue weighted by atomic mass is 19.1. The molecule has 21 heteroatoms. The third-order valence-corrected chi connectivity index (χ3v) is 15.1. The number of hydrogen-bond donors (Lipinski definition) is 1. The molecule has 0 spiro atoms. The van der Waals surface area contributed by atoms with Crippen molar-refractivity contribution in [1.29, 1.82) is 10.5 Å². The first-order valence-electron chi connectivity index (χ1n) is 26.0. The minimum atomic E-state index is -0.806. The third kappa shape index (κ3) is 9.06. The predicted molar refractivity (Wildman–Crippen MR) is 286 cm³/mol. The summed E-state index contributed by atoms with van der Waals surface area (Å²) in [6.45, 7) is 6.90. The Balaban J connectivity index is 0.000000159. The molecule has 79 heavy (non-hydrogen) atoms. The van der Waals surface area contributed by atoms with Crippen LogP contribution in [-0.4, -0.2) is 105 Å². The summed E-state index contributed by atoms with van der Waals surface area (Å²) in [7, 11) is 0. The molecule has 13 rings (SSSR count). The molecule has 0 bridgehead atoms. The van der Waals surface area contributed by atoms with Crippen LogP contribution >= 0.6 is 0 Å². The molecular formula is C58H48F2N12O7. The first kappa shape index (κ1) is 50.2. The Kier molecular flexibility index (Phi) is 13.2. The van der Waals surface area contributed by atoms with Gasteiger partial charge in [0.05, 0.1) is 63.4 Å². The van der Waals surface area contributed by atoms with Gasteiger partial charge in [-0.3, -0.25) is 34.3 Å². The molecule has 2 unspecified atom stereocenters. The number of hydrogen-bond acceptors (Lipinski definition) is 16. The van der Waals surface area contributed by atoms with Crippen LogP contribution in [0.3, 0.4) is 0 Å². The lowest BCUT2D eigenvalue weighted by atomic mass is 10.0. The number of likely N-dealkylation sites (tertiary alicyclic amines) is 1. The van der Waals surface area contributed by atoms with E-state index in [0.717, 1.165) is 56.2 Å². The number of carbonyl (C=O) groups excluding carboxylic acids is 2. The summed E-state index contributed by atoms with van der Waals surface area (Å²) in [6, 6.07) is 16.3. The maximum Gasteiger partial charge on any atom is 0.343 e. The molecule has 4 aromatic heterocycles. The van der Waals surface area contributed by atoms with E-state index in [2.05, 4.69) is 42.3 Å². The van der Waals surface area contributed by atoms with E-state index >= 15 is 8.78 Å². The van der Waals surface area contributed by atoms with Crippen LogP contribution in [0, 0.1) is 34.3 Å². The van der Waals surface area contributed by atoms with Crippen LogP contribution in [-0.2, 0) is 4.74 Å². The van der Waals surface area contributed by atoms with Gasteiger partial charge in [-0.15, -0.1) is 0 Å². The Bertz CT molecular complexity index is 4010. The van der Waals surface area contributed by atoms with E-state index in [0.29, 0.717) is 84.3 Å². The lowest BCUT2D eigenvalue weighted by Crippen LogP contribution is -2.36. The van der Waals surface area contributed by atoms with E-state index in [4.69, 9.17) is 14.2 Å². The van der Waals surface area contributed by atoms with Crippen molar-refractivity contribution in [2.75, 3.05) is 68.8 Å². The molecule has 396 valence electrons. The van der Waals surface area contributed by atoms with Crippen molar-refractivity contribution in [3.63, 3.8) is 0 Å². The topological polar surface area (TPSA) is 227 Å². The Morgan fingerprint density at radius 2 is 1.22 bits per heavy atom. The lowest BCUT2D eigenvalue weighted by molar-refractivity contribution is 0.0524. The van der Waals surface area contributed by atoms with E-state index in [1.165, 1.54) is 18.5 Å². The van der Waals surface area contributed by atoms with E-state index in [-0.39, 0.29) is 63.2 Å². The predicted octanol–water partition coefficient (Wildman–Crippen LogP) is 7.78. The van der Waals surface area contributed by atoms with Crippen LogP contribution in [0.4, 0.5) is 20.2 Å². The smallest absolute Gasteiger partial charge is 0.343 e. The number of carbonyl (C=O) groups is 2. The fourth-order valence-electron chi connectivity index (χ4n) is 11.3. The van der Waals surface area contributed by atoms with Gasteiger partial charge in [0.1, 0.15) is 33.5 Å². The van der Waals surface area contributed by atoms with Gasteiger partial charge < -0.3 is 43.4 Å². The van der Waals surface area contributed by atoms with Gasteiger partial charge in [-0.25, -0.2) is 13.6 Å². The average Bonchev–Trinajstić information content (AvgIpc) is 4.41. The van der Waals surface area contributed by atoms with Gasteiger partial charge in [0.2, 0.25) is 10.9 Å². The van der Waals surface area contributed by atoms with Crippen molar-refractivity contribution in [2.24, 2.45) is 0 Å². The number of halogens is 2. The van der Waals surface area contributed by atoms with Gasteiger partial charge in [-0.2, -0.15) is 10.5 Å². The monoisotopic (exact) mass is 1060 g/mol. The largest absolute Gasteiger partial charge is 0.462 e. The molecule has 3 saturated heterocycles. The zero-order valence-corrected chi connectivity index (χ0v) is 42.6. The highest BCUT2D eigenvalue weighted by Crippen LogP contribution is 2.50. The van der Waals surface area contributed by atoms with Crippen LogP contribution < -0.4 is 35.4 Å². The van der Waals surface area contributed by atoms with Crippen molar-refractivity contribution < 1.29 is 32.6 Å². The number of amides is 1. The summed E-state index contributed by atoms with van der Waals surface area (Å²) in [6.07, 6.45) is 16.6. The number of nitrogens with one attached hydrogen (secondary N) is 1. The van der Waals surface area contributed by atoms with Gasteiger partial charge in [-0.1, -0.05) is 0 Å². The SMILES string of the molecule is CCOC(=O)c1cn2c3c(c(N4CCC(c5cnccn5)C4)c(F)cc3c1=O)Oc1ccc(C#N)cc1-2.N#Cc1ccc2c(c1)-n1cc(C(=O)NCCN3CCCC3)c(=O)c3cc(F)c(N4CCC(c5cnccn5)C4)c(c31)O2. The molecule has 19 nitrogen and oxygen atoms in total. The van der Waals surface area contributed by atoms with E-state index in [1.807, 2.05) is 9.80 Å². The number of benzene rings is 4. The Morgan fingerprint density at radius 1 is 0.709 bits per heavy atom. The Morgan fingerprint density at radius 3 is 1.70 bits per heavy atom. The van der Waals surface area contributed by atoms with Gasteiger partial charge in [0.25, 0.3) is 5.91 Å². The summed E-state index contributed by atoms with van der Waals surface area (Å²) < 4.78 is 52.7. The van der Waals surface area contributed by atoms with E-state index < -0.39 is 34.4 Å². The second-order valence-corrected chi connectivity index (χ2v) is 19.8. The second-order valence-electron chi connectivity index (χ2n) is 19.8. The molecule has 1 N–H and O–H groups in total. The second kappa shape index (κ2) is 20.7. The molecule has 0 aliphatic carbocycles. The minimum Gasteiger partial charge on any atom is -0.462 e. The van der Waals surface area contributed by atoms with Crippen molar-refractivity contribution in [3.05, 3.63) is 164 Å². The number of aromatic nitrogens is 6. The summed E-state index contributed by atoms with van der Waals surface area (Å²) in [5.41, 5.74) is 2.96. The number of nitrogens with zero attached hydrogens (tertiary/aromatic N) is 11. The highest BCUT2D eigenvalue weighted by molar-refractivity contribution is 6.02. The molecule has 8 aromatic rings. The van der Waals surface area contributed by atoms with Gasteiger partial charge in [0.15, 0.2) is 34.6 Å². The maximum atomic E-state index is 16.0. The van der Waals surface area contributed by atoms with Crippen molar-refractivity contribution in [1.82, 2.24) is 39.3 Å². The molecular weight excluding hydrogens is 1010 g/mol. The first-order valence-corrected chi connectivity index (χ1v) is 26.0. The molecule has 5 aliphatic rings. The molecule has 9 heterocycles. The minimum absolute atomic E-state index is 0.0144. The van der Waals surface area contributed by atoms with Gasteiger partial charge in [0, 0.05) is 101 Å². The molecule has 0 radical (unpaired) electrons. The number of pyridine rings is 2. The summed E-state index contributed by atoms with van der Waals surface area (Å²) in [5.74, 6) is -1.31. The normalized spacial score (nSPS) is 16.7. The fraction of sp³-hybridized carbons (Fsp3) is 0.276. The van der Waals surface area contributed by atoms with Crippen molar-refractivity contribution >= 4 is 45.1 Å². The van der Waals surface area contributed by atoms with E-state index in [9.17, 15) is 29.7 Å².